The lowest BCUT2D eigenvalue weighted by Gasteiger charge is -2.40. The molecule has 0 atom stereocenters. The van der Waals surface area contributed by atoms with Crippen LogP contribution in [0.5, 0.6) is 5.75 Å². The van der Waals surface area contributed by atoms with Crippen LogP contribution >= 0.6 is 0 Å². The zero-order valence-corrected chi connectivity index (χ0v) is 22.2. The molecule has 1 fully saturated rings. The molecule has 7 heteroatoms. The molecule has 2 aliphatic heterocycles. The number of amidine groups is 1. The smallest absolute Gasteiger partial charge is 0.152 e. The first-order valence-corrected chi connectivity index (χ1v) is 13.4. The molecule has 1 saturated heterocycles. The maximum Gasteiger partial charge on any atom is 0.152 e. The van der Waals surface area contributed by atoms with Gasteiger partial charge in [0, 0.05) is 24.0 Å². The lowest BCUT2D eigenvalue weighted by Crippen LogP contribution is -2.46. The Kier molecular flexibility index (Phi) is 10.8. The van der Waals surface area contributed by atoms with Crippen molar-refractivity contribution in [3.63, 3.8) is 0 Å². The van der Waals surface area contributed by atoms with E-state index in [0.717, 1.165) is 48.4 Å². The fraction of sp³-hybridized carbons (Fsp3) is 0.483. The molecule has 36 heavy (non-hydrogen) atoms. The number of hydrazone groups is 1. The van der Waals surface area contributed by atoms with E-state index in [2.05, 4.69) is 59.1 Å². The van der Waals surface area contributed by atoms with E-state index in [-0.39, 0.29) is 5.60 Å². The van der Waals surface area contributed by atoms with Crippen LogP contribution in [-0.4, -0.2) is 49.8 Å². The number of ether oxygens (including phenoxy) is 1. The van der Waals surface area contributed by atoms with Crippen LogP contribution in [0.2, 0.25) is 0 Å². The number of nitrogens with two attached hydrogens (primary N) is 2. The average molecular weight is 493 g/mol. The number of piperidine rings is 1. The van der Waals surface area contributed by atoms with E-state index in [9.17, 15) is 0 Å². The van der Waals surface area contributed by atoms with Crippen molar-refractivity contribution < 1.29 is 4.74 Å². The molecule has 1 spiro atoms. The predicted molar refractivity (Wildman–Crippen MR) is 151 cm³/mol. The SMILES string of the molecule is CCCCCCNC.CCN(N)/N=C(\N)c1ccc(C2=CC3(CCNCC3)Oc3ccccc32)cc1. The normalized spacial score (nSPS) is 16.3. The first-order chi connectivity index (χ1) is 17.5. The van der Waals surface area contributed by atoms with Gasteiger partial charge in [0.2, 0.25) is 0 Å². The van der Waals surface area contributed by atoms with Gasteiger partial charge in [0.05, 0.1) is 6.54 Å². The van der Waals surface area contributed by atoms with Crippen LogP contribution in [-0.2, 0) is 0 Å². The summed E-state index contributed by atoms with van der Waals surface area (Å²) in [6, 6.07) is 16.4. The van der Waals surface area contributed by atoms with Gasteiger partial charge in [0.15, 0.2) is 5.84 Å². The van der Waals surface area contributed by atoms with Gasteiger partial charge >= 0.3 is 0 Å². The van der Waals surface area contributed by atoms with Crippen LogP contribution in [0.4, 0.5) is 0 Å². The minimum Gasteiger partial charge on any atom is -0.482 e. The van der Waals surface area contributed by atoms with Gasteiger partial charge in [-0.25, -0.2) is 11.0 Å². The van der Waals surface area contributed by atoms with Crippen LogP contribution in [0.1, 0.15) is 69.1 Å². The molecular weight excluding hydrogens is 448 g/mol. The summed E-state index contributed by atoms with van der Waals surface area (Å²) < 4.78 is 6.46. The van der Waals surface area contributed by atoms with Crippen molar-refractivity contribution in [1.29, 1.82) is 0 Å². The number of rotatable bonds is 9. The molecule has 196 valence electrons. The standard InChI is InChI=1S/C22H27N5O.C7H17N/c1-2-27(24)26-21(23)17-9-7-16(8-10-17)19-15-22(11-13-25-14-12-22)28-20-6-4-3-5-18(19)20;1-3-4-5-6-7-8-2/h3-10,15,25H,2,11-14,24H2,1H3,(H2,23,26);8H,3-7H2,1-2H3. The monoisotopic (exact) mass is 492 g/mol. The Bertz CT molecular complexity index is 989. The Labute approximate surface area is 216 Å². The third-order valence-electron chi connectivity index (χ3n) is 6.68. The molecule has 0 amide bonds. The molecule has 2 aromatic rings. The highest BCUT2D eigenvalue weighted by Crippen LogP contribution is 2.42. The maximum atomic E-state index is 6.46. The number of nitrogens with one attached hydrogen (secondary N) is 2. The van der Waals surface area contributed by atoms with Crippen molar-refractivity contribution in [3.05, 3.63) is 71.3 Å². The molecule has 0 bridgehead atoms. The molecule has 2 aromatic carbocycles. The van der Waals surface area contributed by atoms with Gasteiger partial charge in [-0.15, -0.1) is 5.10 Å². The topological polar surface area (TPSA) is 101 Å². The molecule has 2 heterocycles. The number of hydrogen-bond donors (Lipinski definition) is 4. The van der Waals surface area contributed by atoms with E-state index < -0.39 is 0 Å². The molecular formula is C29H44N6O. The largest absolute Gasteiger partial charge is 0.482 e. The van der Waals surface area contributed by atoms with Crippen LogP contribution in [0.15, 0.2) is 59.7 Å². The quantitative estimate of drug-likeness (QED) is 0.137. The van der Waals surface area contributed by atoms with E-state index >= 15 is 0 Å². The van der Waals surface area contributed by atoms with Crippen molar-refractivity contribution in [2.45, 2.75) is 58.0 Å². The minimum absolute atomic E-state index is 0.241. The summed E-state index contributed by atoms with van der Waals surface area (Å²) in [5, 5.41) is 12.1. The van der Waals surface area contributed by atoms with Gasteiger partial charge in [-0.3, -0.25) is 0 Å². The van der Waals surface area contributed by atoms with Crippen molar-refractivity contribution >= 4 is 11.4 Å². The van der Waals surface area contributed by atoms with Gasteiger partial charge in [-0.05, 0) is 63.3 Å². The summed E-state index contributed by atoms with van der Waals surface area (Å²) in [6.07, 6.45) is 9.69. The summed E-state index contributed by atoms with van der Waals surface area (Å²) >= 11 is 0. The summed E-state index contributed by atoms with van der Waals surface area (Å²) in [6.45, 7) is 7.86. The second kappa shape index (κ2) is 14.0. The van der Waals surface area contributed by atoms with Crippen LogP contribution < -0.4 is 26.9 Å². The molecule has 0 radical (unpaired) electrons. The number of para-hydroxylation sites is 1. The van der Waals surface area contributed by atoms with Gasteiger partial charge < -0.3 is 21.1 Å². The number of benzene rings is 2. The van der Waals surface area contributed by atoms with Crippen molar-refractivity contribution in [1.82, 2.24) is 15.8 Å². The zero-order valence-electron chi connectivity index (χ0n) is 22.2. The minimum atomic E-state index is -0.241. The lowest BCUT2D eigenvalue weighted by molar-refractivity contribution is 0.0817. The third kappa shape index (κ3) is 7.56. The molecule has 4 rings (SSSR count). The number of unbranched alkanes of at least 4 members (excludes halogenated alkanes) is 3. The average Bonchev–Trinajstić information content (AvgIpc) is 2.91. The lowest BCUT2D eigenvalue weighted by atomic mass is 9.83. The first-order valence-electron chi connectivity index (χ1n) is 13.4. The van der Waals surface area contributed by atoms with E-state index in [1.807, 2.05) is 32.2 Å². The Balaban J connectivity index is 0.000000392. The van der Waals surface area contributed by atoms with E-state index in [1.54, 1.807) is 0 Å². The number of nitrogens with zero attached hydrogens (tertiary/aromatic N) is 2. The van der Waals surface area contributed by atoms with Crippen LogP contribution in [0.25, 0.3) is 5.57 Å². The summed E-state index contributed by atoms with van der Waals surface area (Å²) in [4.78, 5) is 0. The maximum absolute atomic E-state index is 6.46. The Morgan fingerprint density at radius 1 is 1.06 bits per heavy atom. The number of hydrogen-bond acceptors (Lipinski definition) is 6. The Morgan fingerprint density at radius 2 is 1.78 bits per heavy atom. The second-order valence-electron chi connectivity index (χ2n) is 9.45. The molecule has 2 aliphatic rings. The molecule has 0 aliphatic carbocycles. The molecule has 0 saturated carbocycles. The molecule has 6 N–H and O–H groups in total. The van der Waals surface area contributed by atoms with Crippen molar-refractivity contribution in [3.8, 4) is 5.75 Å². The number of fused-ring (bicyclic) bond motifs is 1. The summed E-state index contributed by atoms with van der Waals surface area (Å²) in [5.41, 5.74) is 10.2. The predicted octanol–water partition coefficient (Wildman–Crippen LogP) is 4.23. The fourth-order valence-electron chi connectivity index (χ4n) is 4.52. The van der Waals surface area contributed by atoms with Gasteiger partial charge in [-0.1, -0.05) is 68.7 Å². The fourth-order valence-corrected chi connectivity index (χ4v) is 4.52. The summed E-state index contributed by atoms with van der Waals surface area (Å²) in [7, 11) is 2.01. The van der Waals surface area contributed by atoms with Gasteiger partial charge in [0.25, 0.3) is 0 Å². The van der Waals surface area contributed by atoms with E-state index in [4.69, 9.17) is 16.3 Å². The number of hydrazine groups is 1. The van der Waals surface area contributed by atoms with E-state index in [0.29, 0.717) is 12.4 Å². The first kappa shape index (κ1) is 27.7. The van der Waals surface area contributed by atoms with Crippen molar-refractivity contribution in [2.24, 2.45) is 16.7 Å². The Hall–Kier alpha value is -2.87. The highest BCUT2D eigenvalue weighted by molar-refractivity contribution is 5.97. The highest BCUT2D eigenvalue weighted by atomic mass is 16.5. The summed E-state index contributed by atoms with van der Waals surface area (Å²) in [5.74, 6) is 7.09. The highest BCUT2D eigenvalue weighted by Gasteiger charge is 2.36. The van der Waals surface area contributed by atoms with Crippen LogP contribution in [0.3, 0.4) is 0 Å². The Morgan fingerprint density at radius 3 is 2.44 bits per heavy atom. The second-order valence-corrected chi connectivity index (χ2v) is 9.45. The van der Waals surface area contributed by atoms with Gasteiger partial charge in [-0.2, -0.15) is 0 Å². The molecule has 0 aromatic heterocycles. The van der Waals surface area contributed by atoms with Gasteiger partial charge in [0.1, 0.15) is 11.4 Å². The van der Waals surface area contributed by atoms with Crippen molar-refractivity contribution in [2.75, 3.05) is 33.2 Å². The van der Waals surface area contributed by atoms with Crippen LogP contribution in [0, 0.1) is 0 Å². The molecule has 0 unspecified atom stereocenters. The molecule has 7 nitrogen and oxygen atoms in total. The third-order valence-corrected chi connectivity index (χ3v) is 6.68. The zero-order chi connectivity index (χ0) is 25.8. The van der Waals surface area contributed by atoms with E-state index in [1.165, 1.54) is 42.9 Å².